The van der Waals surface area contributed by atoms with Crippen molar-refractivity contribution < 1.29 is 19.1 Å². The summed E-state index contributed by atoms with van der Waals surface area (Å²) >= 11 is 0. The van der Waals surface area contributed by atoms with Crippen molar-refractivity contribution in [3.05, 3.63) is 60.2 Å². The first kappa shape index (κ1) is 21.0. The molecule has 0 radical (unpaired) electrons. The Balaban J connectivity index is 1.97. The van der Waals surface area contributed by atoms with Crippen LogP contribution in [-0.2, 0) is 9.53 Å². The number of nitrogens with one attached hydrogen (secondary N) is 2. The maximum Gasteiger partial charge on any atom is 0.412 e. The second-order valence-electron chi connectivity index (χ2n) is 7.28. The third-order valence-electron chi connectivity index (χ3n) is 3.54. The molecule has 2 N–H and O–H groups in total. The van der Waals surface area contributed by atoms with Gasteiger partial charge >= 0.3 is 6.09 Å². The van der Waals surface area contributed by atoms with Gasteiger partial charge in [0.2, 0.25) is 5.91 Å². The molecular weight excluding hydrogens is 358 g/mol. The fourth-order valence-electron chi connectivity index (χ4n) is 2.38. The highest BCUT2D eigenvalue weighted by atomic mass is 16.6. The minimum absolute atomic E-state index is 0.0998. The van der Waals surface area contributed by atoms with Gasteiger partial charge in [-0.15, -0.1) is 0 Å². The Morgan fingerprint density at radius 1 is 0.929 bits per heavy atom. The predicted molar refractivity (Wildman–Crippen MR) is 108 cm³/mol. The van der Waals surface area contributed by atoms with Crippen LogP contribution in [0.5, 0.6) is 0 Å². The zero-order valence-electron chi connectivity index (χ0n) is 16.5. The lowest BCUT2D eigenvalue weighted by Gasteiger charge is -2.20. The Morgan fingerprint density at radius 3 is 2.21 bits per heavy atom. The van der Waals surface area contributed by atoms with Gasteiger partial charge < -0.3 is 15.0 Å². The Bertz CT molecular complexity index is 844. The first-order valence-corrected chi connectivity index (χ1v) is 8.84. The Hall–Kier alpha value is -3.35. The van der Waals surface area contributed by atoms with Crippen LogP contribution in [0.3, 0.4) is 0 Å². The van der Waals surface area contributed by atoms with Gasteiger partial charge in [0, 0.05) is 24.0 Å². The quantitative estimate of drug-likeness (QED) is 0.823. The van der Waals surface area contributed by atoms with Gasteiger partial charge in [-0.25, -0.2) is 4.79 Å². The second-order valence-corrected chi connectivity index (χ2v) is 7.28. The van der Waals surface area contributed by atoms with E-state index in [-0.39, 0.29) is 18.4 Å². The van der Waals surface area contributed by atoms with E-state index in [1.165, 1.54) is 11.0 Å². The fourth-order valence-corrected chi connectivity index (χ4v) is 2.38. The highest BCUT2D eigenvalue weighted by Gasteiger charge is 2.18. The van der Waals surface area contributed by atoms with E-state index < -0.39 is 11.7 Å². The lowest BCUT2D eigenvalue weighted by Crippen LogP contribution is -2.35. The monoisotopic (exact) mass is 383 g/mol. The first-order chi connectivity index (χ1) is 13.1. The zero-order valence-corrected chi connectivity index (χ0v) is 16.5. The van der Waals surface area contributed by atoms with E-state index in [0.717, 1.165) is 0 Å². The Morgan fingerprint density at radius 2 is 1.57 bits per heavy atom. The van der Waals surface area contributed by atoms with Crippen LogP contribution in [0.4, 0.5) is 16.2 Å². The van der Waals surface area contributed by atoms with Crippen LogP contribution in [0, 0.1) is 0 Å². The number of carbonyl (C=O) groups is 3. The number of para-hydroxylation sites is 1. The molecule has 0 saturated heterocycles. The minimum atomic E-state index is -0.621. The lowest BCUT2D eigenvalue weighted by molar-refractivity contribution is -0.116. The smallest absolute Gasteiger partial charge is 0.412 e. The minimum Gasteiger partial charge on any atom is -0.444 e. The molecule has 2 aromatic rings. The van der Waals surface area contributed by atoms with Gasteiger partial charge in [-0.2, -0.15) is 0 Å². The van der Waals surface area contributed by atoms with Crippen molar-refractivity contribution in [2.75, 3.05) is 24.2 Å². The van der Waals surface area contributed by atoms with E-state index in [0.29, 0.717) is 16.9 Å². The molecule has 2 aromatic carbocycles. The average Bonchev–Trinajstić information content (AvgIpc) is 2.60. The molecule has 7 nitrogen and oxygen atoms in total. The van der Waals surface area contributed by atoms with Crippen LogP contribution >= 0.6 is 0 Å². The van der Waals surface area contributed by atoms with Crippen LogP contribution in [0.15, 0.2) is 54.6 Å². The molecule has 0 aliphatic rings. The van der Waals surface area contributed by atoms with Gasteiger partial charge in [0.05, 0.1) is 6.54 Å². The molecule has 7 heteroatoms. The highest BCUT2D eigenvalue weighted by Crippen LogP contribution is 2.15. The number of ether oxygens (including phenoxy) is 1. The van der Waals surface area contributed by atoms with Gasteiger partial charge in [0.25, 0.3) is 5.91 Å². The van der Waals surface area contributed by atoms with Crippen molar-refractivity contribution in [1.82, 2.24) is 4.90 Å². The van der Waals surface area contributed by atoms with Crippen molar-refractivity contribution in [2.45, 2.75) is 26.4 Å². The number of nitrogens with zero attached hydrogens (tertiary/aromatic N) is 1. The summed E-state index contributed by atoms with van der Waals surface area (Å²) in [6.45, 7) is 5.20. The van der Waals surface area contributed by atoms with Crippen molar-refractivity contribution in [2.24, 2.45) is 0 Å². The van der Waals surface area contributed by atoms with Gasteiger partial charge in [0.1, 0.15) is 5.60 Å². The summed E-state index contributed by atoms with van der Waals surface area (Å²) in [5.74, 6) is -0.638. The number of likely N-dealkylation sites (N-methyl/N-ethyl adjacent to an activating group) is 1. The summed E-state index contributed by atoms with van der Waals surface area (Å²) in [6, 6.07) is 15.5. The number of anilines is 2. The van der Waals surface area contributed by atoms with Crippen LogP contribution in [-0.4, -0.2) is 42.0 Å². The number of benzene rings is 2. The number of amides is 3. The number of hydrogen-bond acceptors (Lipinski definition) is 4. The van der Waals surface area contributed by atoms with Crippen LogP contribution in [0.2, 0.25) is 0 Å². The van der Waals surface area contributed by atoms with E-state index in [4.69, 9.17) is 4.74 Å². The summed E-state index contributed by atoms with van der Waals surface area (Å²) in [5, 5.41) is 5.33. The van der Waals surface area contributed by atoms with Crippen molar-refractivity contribution >= 4 is 29.3 Å². The lowest BCUT2D eigenvalue weighted by atomic mass is 10.1. The zero-order chi connectivity index (χ0) is 20.7. The maximum absolute atomic E-state index is 12.6. The van der Waals surface area contributed by atoms with E-state index in [1.807, 2.05) is 18.2 Å². The summed E-state index contributed by atoms with van der Waals surface area (Å²) in [5.41, 5.74) is 0.826. The molecule has 0 aliphatic carbocycles. The van der Waals surface area contributed by atoms with Crippen LogP contribution < -0.4 is 10.6 Å². The molecule has 0 bridgehead atoms. The summed E-state index contributed by atoms with van der Waals surface area (Å²) in [4.78, 5) is 37.9. The van der Waals surface area contributed by atoms with Crippen LogP contribution in [0.25, 0.3) is 0 Å². The van der Waals surface area contributed by atoms with Crippen molar-refractivity contribution in [3.63, 3.8) is 0 Å². The Kier molecular flexibility index (Phi) is 6.76. The average molecular weight is 383 g/mol. The van der Waals surface area contributed by atoms with Crippen LogP contribution in [0.1, 0.15) is 31.1 Å². The van der Waals surface area contributed by atoms with E-state index >= 15 is 0 Å². The highest BCUT2D eigenvalue weighted by molar-refractivity contribution is 6.00. The van der Waals surface area contributed by atoms with Crippen molar-refractivity contribution in [1.29, 1.82) is 0 Å². The largest absolute Gasteiger partial charge is 0.444 e. The first-order valence-electron chi connectivity index (χ1n) is 8.84. The van der Waals surface area contributed by atoms with Crippen molar-refractivity contribution in [3.8, 4) is 0 Å². The molecule has 3 amide bonds. The molecule has 148 valence electrons. The fraction of sp³-hybridized carbons (Fsp3) is 0.286. The molecule has 0 spiro atoms. The molecular formula is C21H25N3O4. The van der Waals surface area contributed by atoms with Gasteiger partial charge in [-0.3, -0.25) is 14.9 Å². The van der Waals surface area contributed by atoms with Gasteiger partial charge in [-0.05, 0) is 51.1 Å². The molecule has 0 atom stereocenters. The number of hydrogen-bond donors (Lipinski definition) is 2. The summed E-state index contributed by atoms with van der Waals surface area (Å²) in [7, 11) is 1.54. The molecule has 0 fully saturated rings. The predicted octanol–water partition coefficient (Wildman–Crippen LogP) is 3.74. The summed E-state index contributed by atoms with van der Waals surface area (Å²) in [6.07, 6.45) is -0.604. The number of carbonyl (C=O) groups excluding carboxylic acids is 3. The topological polar surface area (TPSA) is 87.7 Å². The third kappa shape index (κ3) is 6.75. The molecule has 0 heterocycles. The van der Waals surface area contributed by atoms with E-state index in [2.05, 4.69) is 10.6 Å². The molecule has 0 unspecified atom stereocenters. The SMILES string of the molecule is CN(CC(=O)Nc1ccccc1)C(=O)c1cccc(NC(=O)OC(C)(C)C)c1. The van der Waals surface area contributed by atoms with Gasteiger partial charge in [-0.1, -0.05) is 24.3 Å². The maximum atomic E-state index is 12.6. The third-order valence-corrected chi connectivity index (χ3v) is 3.54. The van der Waals surface area contributed by atoms with Gasteiger partial charge in [0.15, 0.2) is 0 Å². The Labute approximate surface area is 164 Å². The molecule has 28 heavy (non-hydrogen) atoms. The number of rotatable bonds is 5. The normalized spacial score (nSPS) is 10.7. The van der Waals surface area contributed by atoms with E-state index in [9.17, 15) is 14.4 Å². The van der Waals surface area contributed by atoms with E-state index in [1.54, 1.807) is 58.2 Å². The molecule has 2 rings (SSSR count). The standard InChI is InChI=1S/C21H25N3O4/c1-21(2,3)28-20(27)23-17-12-8-9-15(13-17)19(26)24(4)14-18(25)22-16-10-6-5-7-11-16/h5-13H,14H2,1-4H3,(H,22,25)(H,23,27). The molecule has 0 saturated carbocycles. The second kappa shape index (κ2) is 9.03. The summed E-state index contributed by atoms with van der Waals surface area (Å²) < 4.78 is 5.20. The molecule has 0 aliphatic heterocycles. The molecule has 0 aromatic heterocycles.